The summed E-state index contributed by atoms with van der Waals surface area (Å²) in [7, 11) is 0. The van der Waals surface area contributed by atoms with Crippen molar-refractivity contribution in [1.82, 2.24) is 4.98 Å². The van der Waals surface area contributed by atoms with E-state index in [9.17, 15) is 0 Å². The van der Waals surface area contributed by atoms with Crippen molar-refractivity contribution in [2.75, 3.05) is 0 Å². The molecule has 0 aliphatic heterocycles. The minimum atomic E-state index is 1.21. The molecule has 0 spiro atoms. The van der Waals surface area contributed by atoms with Gasteiger partial charge >= 0.3 is 0 Å². The molecule has 1 aromatic carbocycles. The number of H-pyrrole nitrogens is 1. The first-order valence-corrected chi connectivity index (χ1v) is 3.88. The highest BCUT2D eigenvalue weighted by Crippen LogP contribution is 2.09. The summed E-state index contributed by atoms with van der Waals surface area (Å²) in [5.41, 5.74) is 1.21. The molecule has 1 aromatic heterocycles. The zero-order valence-electron chi connectivity index (χ0n) is 6.36. The third kappa shape index (κ3) is 2.04. The summed E-state index contributed by atoms with van der Waals surface area (Å²) < 4.78 is 0. The van der Waals surface area contributed by atoms with Gasteiger partial charge in [-0.25, -0.2) is 0 Å². The molecule has 0 radical (unpaired) electrons. The zero-order chi connectivity index (χ0) is 8.81. The number of nitriles is 1. The lowest BCUT2D eigenvalue weighted by Gasteiger charge is -1.83. The smallest absolute Gasteiger partial charge is 0.130 e. The Hall–Kier alpha value is -1.40. The molecule has 0 saturated heterocycles. The second-order valence-electron chi connectivity index (χ2n) is 2.16. The van der Waals surface area contributed by atoms with E-state index in [1.807, 2.05) is 18.3 Å². The molecule has 0 aliphatic rings. The van der Waals surface area contributed by atoms with Gasteiger partial charge in [-0.15, -0.1) is 0 Å². The third-order valence-electron chi connectivity index (χ3n) is 1.46. The number of nitrogens with zero attached hydrogens (tertiary/aromatic N) is 1. The molecule has 0 bridgehead atoms. The lowest BCUT2D eigenvalue weighted by Crippen LogP contribution is -1.61. The highest BCUT2D eigenvalue weighted by atomic mass is 32.1. The number of nitrogens with one attached hydrogen (secondary N) is 1. The molecule has 60 valence electrons. The molecule has 0 amide bonds. The van der Waals surface area contributed by atoms with Gasteiger partial charge in [0.05, 0.1) is 0 Å². The van der Waals surface area contributed by atoms with E-state index in [4.69, 9.17) is 5.26 Å². The highest BCUT2D eigenvalue weighted by molar-refractivity contribution is 7.85. The van der Waals surface area contributed by atoms with Crippen LogP contribution in [0.2, 0.25) is 0 Å². The van der Waals surface area contributed by atoms with E-state index in [-0.39, 0.29) is 0 Å². The summed E-state index contributed by atoms with van der Waals surface area (Å²) in [4.78, 5) is 3.12. The number of thiocyanates is 1. The number of benzene rings is 1. The first-order chi connectivity index (χ1) is 5.88. The number of rotatable bonds is 0. The highest BCUT2D eigenvalue weighted by Gasteiger charge is 1.86. The van der Waals surface area contributed by atoms with Crippen LogP contribution in [0.3, 0.4) is 0 Å². The van der Waals surface area contributed by atoms with Gasteiger partial charge in [0.25, 0.3) is 0 Å². The fraction of sp³-hybridized carbons (Fsp3) is 0. The van der Waals surface area contributed by atoms with Gasteiger partial charge in [0.1, 0.15) is 5.40 Å². The van der Waals surface area contributed by atoms with E-state index in [2.05, 4.69) is 35.8 Å². The predicted molar refractivity (Wildman–Crippen MR) is 52.9 cm³/mol. The Balaban J connectivity index is 0.000000213. The molecule has 1 N–H and O–H groups in total. The Morgan fingerprint density at radius 1 is 1.25 bits per heavy atom. The van der Waals surface area contributed by atoms with E-state index in [1.54, 1.807) is 0 Å². The Morgan fingerprint density at radius 3 is 2.58 bits per heavy atom. The van der Waals surface area contributed by atoms with Crippen molar-refractivity contribution in [3.8, 4) is 5.40 Å². The van der Waals surface area contributed by atoms with E-state index in [0.717, 1.165) is 0 Å². The molecule has 0 fully saturated rings. The molecule has 0 unspecified atom stereocenters. The van der Waals surface area contributed by atoms with Gasteiger partial charge in [-0.05, 0) is 17.5 Å². The van der Waals surface area contributed by atoms with Gasteiger partial charge in [-0.2, -0.15) is 5.26 Å². The monoisotopic (exact) mass is 176 g/mol. The molecule has 0 saturated carbocycles. The maximum atomic E-state index is 7.18. The normalized spacial score (nSPS) is 8.33. The Bertz CT molecular complexity index is 356. The van der Waals surface area contributed by atoms with E-state index >= 15 is 0 Å². The van der Waals surface area contributed by atoms with Gasteiger partial charge in [0.2, 0.25) is 0 Å². The molecular weight excluding hydrogens is 168 g/mol. The van der Waals surface area contributed by atoms with E-state index in [0.29, 0.717) is 0 Å². The van der Waals surface area contributed by atoms with Crippen LogP contribution >= 0.6 is 12.6 Å². The van der Waals surface area contributed by atoms with Crippen molar-refractivity contribution in [2.24, 2.45) is 0 Å². The van der Waals surface area contributed by atoms with Gasteiger partial charge < -0.3 is 4.98 Å². The van der Waals surface area contributed by atoms with Crippen LogP contribution in [0.5, 0.6) is 0 Å². The molecule has 1 heterocycles. The van der Waals surface area contributed by atoms with Gasteiger partial charge in [-0.3, -0.25) is 0 Å². The number of aromatic amines is 1. The van der Waals surface area contributed by atoms with Gasteiger partial charge in [-0.1, -0.05) is 30.8 Å². The predicted octanol–water partition coefficient (Wildman–Crippen LogP) is 2.57. The van der Waals surface area contributed by atoms with Crippen molar-refractivity contribution >= 4 is 23.5 Å². The summed E-state index contributed by atoms with van der Waals surface area (Å²) in [6.07, 6.45) is 1.95. The van der Waals surface area contributed by atoms with Gasteiger partial charge in [0.15, 0.2) is 0 Å². The van der Waals surface area contributed by atoms with E-state index < -0.39 is 0 Å². The summed E-state index contributed by atoms with van der Waals surface area (Å²) in [6, 6.07) is 10.3. The minimum absolute atomic E-state index is 1.21. The number of hydrogen-bond acceptors (Lipinski definition) is 2. The van der Waals surface area contributed by atoms with Crippen LogP contribution in [0.15, 0.2) is 36.5 Å². The Kier molecular flexibility index (Phi) is 3.24. The van der Waals surface area contributed by atoms with Crippen LogP contribution in [0.4, 0.5) is 0 Å². The molecular formula is C9H8N2S. The fourth-order valence-corrected chi connectivity index (χ4v) is 0.995. The topological polar surface area (TPSA) is 39.6 Å². The number of hydrogen-bond donors (Lipinski definition) is 2. The fourth-order valence-electron chi connectivity index (χ4n) is 0.995. The molecule has 2 nitrogen and oxygen atoms in total. The summed E-state index contributed by atoms with van der Waals surface area (Å²) >= 11 is 3.09. The third-order valence-corrected chi connectivity index (χ3v) is 1.46. The summed E-state index contributed by atoms with van der Waals surface area (Å²) in [6.45, 7) is 0. The first kappa shape index (κ1) is 8.69. The van der Waals surface area contributed by atoms with Crippen molar-refractivity contribution in [1.29, 1.82) is 5.26 Å². The second kappa shape index (κ2) is 4.47. The number of thiol groups is 1. The average molecular weight is 176 g/mol. The van der Waals surface area contributed by atoms with Crippen LogP contribution in [-0.4, -0.2) is 4.98 Å². The number of aromatic nitrogens is 1. The molecule has 2 aromatic rings. The van der Waals surface area contributed by atoms with Crippen LogP contribution in [0, 0.1) is 10.7 Å². The first-order valence-electron chi connectivity index (χ1n) is 3.44. The van der Waals surface area contributed by atoms with Crippen LogP contribution in [-0.2, 0) is 0 Å². The Morgan fingerprint density at radius 2 is 1.92 bits per heavy atom. The van der Waals surface area contributed by atoms with Gasteiger partial charge in [0, 0.05) is 11.7 Å². The average Bonchev–Trinajstić information content (AvgIpc) is 2.52. The van der Waals surface area contributed by atoms with Crippen molar-refractivity contribution in [3.05, 3.63) is 36.5 Å². The summed E-state index contributed by atoms with van der Waals surface area (Å²) in [5, 5.41) is 9.90. The molecule has 3 heteroatoms. The largest absolute Gasteiger partial charge is 0.361 e. The molecule has 2 rings (SSSR count). The lowest BCUT2D eigenvalue weighted by molar-refractivity contribution is 1.48. The maximum absolute atomic E-state index is 7.18. The van der Waals surface area contributed by atoms with Crippen LogP contribution in [0.1, 0.15) is 0 Å². The van der Waals surface area contributed by atoms with Crippen LogP contribution in [0.25, 0.3) is 10.9 Å². The lowest BCUT2D eigenvalue weighted by atomic mass is 10.3. The maximum Gasteiger partial charge on any atom is 0.130 e. The molecule has 0 aliphatic carbocycles. The summed E-state index contributed by atoms with van der Waals surface area (Å²) in [5.74, 6) is 0. The van der Waals surface area contributed by atoms with Crippen molar-refractivity contribution in [3.63, 3.8) is 0 Å². The van der Waals surface area contributed by atoms with Crippen molar-refractivity contribution < 1.29 is 0 Å². The SMILES string of the molecule is N#CS.c1ccc2[nH]ccc2c1. The van der Waals surface area contributed by atoms with Crippen molar-refractivity contribution in [2.45, 2.75) is 0 Å². The zero-order valence-corrected chi connectivity index (χ0v) is 7.25. The Labute approximate surface area is 76.2 Å². The number of para-hydroxylation sites is 1. The quantitative estimate of drug-likeness (QED) is 0.470. The standard InChI is InChI=1S/C8H7N.CHNS/c1-2-4-8-7(3-1)5-6-9-8;2-1-3/h1-6,9H;3H. The van der Waals surface area contributed by atoms with E-state index in [1.165, 1.54) is 16.3 Å². The van der Waals surface area contributed by atoms with Crippen LogP contribution < -0.4 is 0 Å². The number of fused-ring (bicyclic) bond motifs is 1. The molecule has 12 heavy (non-hydrogen) atoms. The second-order valence-corrected chi connectivity index (χ2v) is 2.36. The minimum Gasteiger partial charge on any atom is -0.361 e. The molecule has 0 atom stereocenters.